The van der Waals surface area contributed by atoms with Gasteiger partial charge in [-0.05, 0) is 24.1 Å². The van der Waals surface area contributed by atoms with E-state index in [9.17, 15) is 4.79 Å². The molecule has 23 heavy (non-hydrogen) atoms. The van der Waals surface area contributed by atoms with E-state index in [0.29, 0.717) is 18.1 Å². The highest BCUT2D eigenvalue weighted by Crippen LogP contribution is 2.35. The largest absolute Gasteiger partial charge is 0.383 e. The second-order valence-corrected chi connectivity index (χ2v) is 5.62. The number of rotatable bonds is 2. The van der Waals surface area contributed by atoms with E-state index in [0.717, 1.165) is 16.8 Å². The lowest BCUT2D eigenvalue weighted by Gasteiger charge is -2.21. The molecule has 1 unspecified atom stereocenters. The second kappa shape index (κ2) is 5.28. The molecule has 1 amide bonds. The van der Waals surface area contributed by atoms with Crippen LogP contribution in [0.5, 0.6) is 0 Å². The van der Waals surface area contributed by atoms with Crippen LogP contribution in [0.2, 0.25) is 0 Å². The number of nitrogens with zero attached hydrogens (tertiary/aromatic N) is 2. The molecule has 4 rings (SSSR count). The van der Waals surface area contributed by atoms with Crippen LogP contribution in [0.4, 0.5) is 11.6 Å². The summed E-state index contributed by atoms with van der Waals surface area (Å²) >= 11 is 0. The predicted octanol–water partition coefficient (Wildman–Crippen LogP) is 2.73. The van der Waals surface area contributed by atoms with Crippen LogP contribution in [0.3, 0.4) is 0 Å². The van der Waals surface area contributed by atoms with Crippen LogP contribution in [0.1, 0.15) is 17.0 Å². The number of carbonyl (C=O) groups excluding carboxylic acids is 1. The van der Waals surface area contributed by atoms with Crippen molar-refractivity contribution in [2.45, 2.75) is 12.3 Å². The first-order chi connectivity index (χ1) is 11.2. The van der Waals surface area contributed by atoms with Gasteiger partial charge in [-0.3, -0.25) is 4.79 Å². The number of aromatic nitrogens is 2. The minimum absolute atomic E-state index is 0.0404. The number of hydrogen-bond acceptors (Lipinski definition) is 3. The predicted molar refractivity (Wildman–Crippen MR) is 89.5 cm³/mol. The average molecular weight is 304 g/mol. The molecule has 0 bridgehead atoms. The fourth-order valence-electron chi connectivity index (χ4n) is 2.99. The highest BCUT2D eigenvalue weighted by molar-refractivity contribution is 5.99. The smallest absolute Gasteiger partial charge is 0.233 e. The first-order valence-electron chi connectivity index (χ1n) is 7.52. The molecule has 2 heterocycles. The number of benzene rings is 2. The first kappa shape index (κ1) is 13.6. The lowest BCUT2D eigenvalue weighted by molar-refractivity contribution is -0.117. The van der Waals surface area contributed by atoms with Gasteiger partial charge in [0.15, 0.2) is 5.82 Å². The molecule has 0 spiro atoms. The maximum atomic E-state index is 12.4. The van der Waals surface area contributed by atoms with Gasteiger partial charge in [-0.25, -0.2) is 4.68 Å². The number of nitrogens with one attached hydrogen (secondary N) is 1. The van der Waals surface area contributed by atoms with Crippen molar-refractivity contribution in [3.05, 3.63) is 71.8 Å². The highest BCUT2D eigenvalue weighted by Gasteiger charge is 2.32. The molecule has 1 aliphatic heterocycles. The van der Waals surface area contributed by atoms with Gasteiger partial charge in [0.1, 0.15) is 5.82 Å². The maximum absolute atomic E-state index is 12.4. The molecule has 0 saturated heterocycles. The summed E-state index contributed by atoms with van der Waals surface area (Å²) in [6.07, 6.45) is 0.559. The van der Waals surface area contributed by atoms with Crippen molar-refractivity contribution in [2.75, 3.05) is 11.1 Å². The quantitative estimate of drug-likeness (QED) is 0.764. The second-order valence-electron chi connectivity index (χ2n) is 5.62. The molecule has 1 atom stereocenters. The number of nitrogen functional groups attached to an aromatic ring is 1. The zero-order chi connectivity index (χ0) is 15.8. The molecule has 5 heteroatoms. The van der Waals surface area contributed by atoms with E-state index in [1.54, 1.807) is 4.68 Å². The van der Waals surface area contributed by atoms with Gasteiger partial charge in [0.05, 0.1) is 11.6 Å². The molecule has 0 fully saturated rings. The van der Waals surface area contributed by atoms with E-state index in [1.807, 2.05) is 60.7 Å². The Labute approximate surface area is 133 Å². The standard InChI is InChI=1S/C18H16N4O/c19-16-15-11-14(12-7-3-1-4-8-12)18(23)20-17(15)21-22(16)13-9-5-2-6-10-13/h1-10,14H,11,19H2,(H,20,21,23). The summed E-state index contributed by atoms with van der Waals surface area (Å²) in [7, 11) is 0. The van der Waals surface area contributed by atoms with Crippen molar-refractivity contribution in [3.63, 3.8) is 0 Å². The fraction of sp³-hybridized carbons (Fsp3) is 0.111. The van der Waals surface area contributed by atoms with E-state index in [2.05, 4.69) is 10.4 Å². The van der Waals surface area contributed by atoms with Crippen LogP contribution in [0, 0.1) is 0 Å². The third-order valence-electron chi connectivity index (χ3n) is 4.19. The van der Waals surface area contributed by atoms with E-state index >= 15 is 0 Å². The number of amides is 1. The minimum Gasteiger partial charge on any atom is -0.383 e. The van der Waals surface area contributed by atoms with Gasteiger partial charge in [-0.15, -0.1) is 5.10 Å². The third-order valence-corrected chi connectivity index (χ3v) is 4.19. The summed E-state index contributed by atoms with van der Waals surface area (Å²) in [5.41, 5.74) is 9.05. The summed E-state index contributed by atoms with van der Waals surface area (Å²) in [4.78, 5) is 12.4. The van der Waals surface area contributed by atoms with Gasteiger partial charge < -0.3 is 11.1 Å². The van der Waals surface area contributed by atoms with Gasteiger partial charge >= 0.3 is 0 Å². The van der Waals surface area contributed by atoms with Crippen LogP contribution in [0.25, 0.3) is 5.69 Å². The number of para-hydroxylation sites is 1. The lowest BCUT2D eigenvalue weighted by atomic mass is 9.89. The molecule has 3 N–H and O–H groups in total. The molecular formula is C18H16N4O. The summed E-state index contributed by atoms with van der Waals surface area (Å²) in [6, 6.07) is 19.4. The molecule has 2 aromatic carbocycles. The molecule has 0 aliphatic carbocycles. The monoisotopic (exact) mass is 304 g/mol. The van der Waals surface area contributed by atoms with Crippen molar-refractivity contribution in [3.8, 4) is 5.69 Å². The Morgan fingerprint density at radius 2 is 1.70 bits per heavy atom. The molecule has 3 aromatic rings. The van der Waals surface area contributed by atoms with Gasteiger partial charge in [-0.2, -0.15) is 0 Å². The molecule has 0 saturated carbocycles. The van der Waals surface area contributed by atoms with Gasteiger partial charge in [0, 0.05) is 5.56 Å². The molecule has 1 aliphatic rings. The topological polar surface area (TPSA) is 72.9 Å². The number of hydrogen-bond donors (Lipinski definition) is 2. The summed E-state index contributed by atoms with van der Waals surface area (Å²) < 4.78 is 1.68. The maximum Gasteiger partial charge on any atom is 0.233 e. The van der Waals surface area contributed by atoms with E-state index in [1.165, 1.54) is 0 Å². The van der Waals surface area contributed by atoms with Crippen molar-refractivity contribution in [2.24, 2.45) is 0 Å². The minimum atomic E-state index is -0.237. The number of carbonyl (C=O) groups is 1. The molecular weight excluding hydrogens is 288 g/mol. The van der Waals surface area contributed by atoms with Gasteiger partial charge in [-0.1, -0.05) is 48.5 Å². The zero-order valence-electron chi connectivity index (χ0n) is 12.4. The SMILES string of the molecule is Nc1c2c(nn1-c1ccccc1)NC(=O)C(c1ccccc1)C2. The van der Waals surface area contributed by atoms with Crippen molar-refractivity contribution in [1.82, 2.24) is 9.78 Å². The normalized spacial score (nSPS) is 16.7. The Bertz CT molecular complexity index is 855. The van der Waals surface area contributed by atoms with Gasteiger partial charge in [0.2, 0.25) is 5.91 Å². The van der Waals surface area contributed by atoms with E-state index in [-0.39, 0.29) is 11.8 Å². The molecule has 5 nitrogen and oxygen atoms in total. The van der Waals surface area contributed by atoms with Crippen molar-refractivity contribution >= 4 is 17.5 Å². The molecule has 0 radical (unpaired) electrons. The Morgan fingerprint density at radius 1 is 1.04 bits per heavy atom. The number of fused-ring (bicyclic) bond motifs is 1. The van der Waals surface area contributed by atoms with Crippen LogP contribution < -0.4 is 11.1 Å². The number of anilines is 2. The Hall–Kier alpha value is -3.08. The Morgan fingerprint density at radius 3 is 2.39 bits per heavy atom. The van der Waals surface area contributed by atoms with E-state index in [4.69, 9.17) is 5.73 Å². The average Bonchev–Trinajstić information content (AvgIpc) is 2.91. The summed E-state index contributed by atoms with van der Waals surface area (Å²) in [5.74, 6) is 0.858. The zero-order valence-corrected chi connectivity index (χ0v) is 12.4. The summed E-state index contributed by atoms with van der Waals surface area (Å²) in [6.45, 7) is 0. The highest BCUT2D eigenvalue weighted by atomic mass is 16.2. The van der Waals surface area contributed by atoms with Crippen LogP contribution in [0.15, 0.2) is 60.7 Å². The Balaban J connectivity index is 1.75. The van der Waals surface area contributed by atoms with E-state index < -0.39 is 0 Å². The van der Waals surface area contributed by atoms with Crippen molar-refractivity contribution < 1.29 is 4.79 Å². The third kappa shape index (κ3) is 2.26. The Kier molecular flexibility index (Phi) is 3.12. The molecule has 1 aromatic heterocycles. The van der Waals surface area contributed by atoms with Gasteiger partial charge in [0.25, 0.3) is 0 Å². The van der Waals surface area contributed by atoms with Crippen LogP contribution in [-0.4, -0.2) is 15.7 Å². The fourth-order valence-corrected chi connectivity index (χ4v) is 2.99. The molecule has 114 valence electrons. The van der Waals surface area contributed by atoms with Crippen molar-refractivity contribution in [1.29, 1.82) is 0 Å². The first-order valence-corrected chi connectivity index (χ1v) is 7.52. The van der Waals surface area contributed by atoms with Crippen LogP contribution in [-0.2, 0) is 11.2 Å². The van der Waals surface area contributed by atoms with Crippen LogP contribution >= 0.6 is 0 Å². The lowest BCUT2D eigenvalue weighted by Crippen LogP contribution is -2.28. The summed E-state index contributed by atoms with van der Waals surface area (Å²) in [5, 5.41) is 7.35. The number of nitrogens with two attached hydrogens (primary N) is 1.